The van der Waals surface area contributed by atoms with Crippen molar-refractivity contribution in [2.24, 2.45) is 0 Å². The van der Waals surface area contributed by atoms with Gasteiger partial charge in [0.25, 0.3) is 5.91 Å². The van der Waals surface area contributed by atoms with E-state index >= 15 is 0 Å². The van der Waals surface area contributed by atoms with Crippen molar-refractivity contribution in [3.63, 3.8) is 0 Å². The van der Waals surface area contributed by atoms with Gasteiger partial charge in [0.15, 0.2) is 0 Å². The van der Waals surface area contributed by atoms with Gasteiger partial charge in [-0.25, -0.2) is 4.98 Å². The molecule has 0 aromatic carbocycles. The van der Waals surface area contributed by atoms with Gasteiger partial charge in [-0.2, -0.15) is 0 Å². The fourth-order valence-corrected chi connectivity index (χ4v) is 1.79. The summed E-state index contributed by atoms with van der Waals surface area (Å²) in [5.41, 5.74) is 1.97. The Balaban J connectivity index is 2.22. The van der Waals surface area contributed by atoms with Crippen molar-refractivity contribution in [3.05, 3.63) is 46.9 Å². The van der Waals surface area contributed by atoms with Crippen LogP contribution in [-0.2, 0) is 0 Å². The van der Waals surface area contributed by atoms with Gasteiger partial charge in [0.1, 0.15) is 11.0 Å². The quantitative estimate of drug-likeness (QED) is 0.846. The largest absolute Gasteiger partial charge is 0.373 e. The third kappa shape index (κ3) is 3.42. The summed E-state index contributed by atoms with van der Waals surface area (Å²) < 4.78 is 0. The maximum atomic E-state index is 12.1. The number of anilines is 2. The van der Waals surface area contributed by atoms with Gasteiger partial charge in [0, 0.05) is 30.2 Å². The molecule has 6 heteroatoms. The van der Waals surface area contributed by atoms with Crippen molar-refractivity contribution in [1.29, 1.82) is 0 Å². The number of carbonyl (C=O) groups excluding carboxylic acids is 1. The summed E-state index contributed by atoms with van der Waals surface area (Å²) in [7, 11) is 1.71. The standard InChI is InChI=1S/C13H13ClN4O/c1-8-5-10(3-4-16-8)17-13(19)9-6-11(14)18-12(7-9)15-2/h3-7H,1-2H3,(H,15,18)(H,16,17,19). The molecule has 0 unspecified atom stereocenters. The van der Waals surface area contributed by atoms with Gasteiger partial charge in [-0.05, 0) is 31.2 Å². The van der Waals surface area contributed by atoms with Gasteiger partial charge in [-0.15, -0.1) is 0 Å². The summed E-state index contributed by atoms with van der Waals surface area (Å²) >= 11 is 5.86. The fourth-order valence-electron chi connectivity index (χ4n) is 1.58. The minimum absolute atomic E-state index is 0.244. The average Bonchev–Trinajstić information content (AvgIpc) is 2.38. The summed E-state index contributed by atoms with van der Waals surface area (Å²) in [6.45, 7) is 1.86. The number of hydrogen-bond donors (Lipinski definition) is 2. The monoisotopic (exact) mass is 276 g/mol. The molecule has 0 fully saturated rings. The number of aromatic nitrogens is 2. The number of rotatable bonds is 3. The first-order valence-electron chi connectivity index (χ1n) is 5.68. The van der Waals surface area contributed by atoms with E-state index in [-0.39, 0.29) is 11.1 Å². The lowest BCUT2D eigenvalue weighted by Gasteiger charge is -2.07. The van der Waals surface area contributed by atoms with Crippen LogP contribution in [0.2, 0.25) is 5.15 Å². The number of aryl methyl sites for hydroxylation is 1. The highest BCUT2D eigenvalue weighted by atomic mass is 35.5. The Morgan fingerprint density at radius 1 is 1.32 bits per heavy atom. The number of halogens is 1. The first kappa shape index (κ1) is 13.3. The molecule has 1 amide bonds. The van der Waals surface area contributed by atoms with Gasteiger partial charge in [-0.1, -0.05) is 11.6 Å². The Labute approximate surface area is 116 Å². The van der Waals surface area contributed by atoms with Crippen LogP contribution in [0, 0.1) is 6.92 Å². The molecule has 2 rings (SSSR count). The second kappa shape index (κ2) is 5.67. The number of nitrogens with one attached hydrogen (secondary N) is 2. The van der Waals surface area contributed by atoms with E-state index in [1.165, 1.54) is 6.07 Å². The SMILES string of the molecule is CNc1cc(C(=O)Nc2ccnc(C)c2)cc(Cl)n1. The molecule has 0 aliphatic rings. The maximum Gasteiger partial charge on any atom is 0.255 e. The Bertz CT molecular complexity index is 615. The molecule has 0 aliphatic carbocycles. The van der Waals surface area contributed by atoms with Gasteiger partial charge in [0.2, 0.25) is 0 Å². The van der Waals surface area contributed by atoms with Crippen LogP contribution in [0.15, 0.2) is 30.5 Å². The van der Waals surface area contributed by atoms with Crippen LogP contribution in [0.4, 0.5) is 11.5 Å². The smallest absolute Gasteiger partial charge is 0.255 e. The third-order valence-corrected chi connectivity index (χ3v) is 2.66. The summed E-state index contributed by atoms with van der Waals surface area (Å²) in [6.07, 6.45) is 1.64. The minimum atomic E-state index is -0.244. The van der Waals surface area contributed by atoms with Gasteiger partial charge >= 0.3 is 0 Å². The molecule has 0 spiro atoms. The van der Waals surface area contributed by atoms with Crippen LogP contribution in [0.3, 0.4) is 0 Å². The predicted molar refractivity (Wildman–Crippen MR) is 75.7 cm³/mol. The summed E-state index contributed by atoms with van der Waals surface area (Å²) in [5.74, 6) is 0.301. The molecular formula is C13H13ClN4O. The zero-order valence-corrected chi connectivity index (χ0v) is 11.3. The number of pyridine rings is 2. The third-order valence-electron chi connectivity index (χ3n) is 2.47. The van der Waals surface area contributed by atoms with Crippen LogP contribution >= 0.6 is 11.6 Å². The van der Waals surface area contributed by atoms with Crippen LogP contribution in [-0.4, -0.2) is 22.9 Å². The van der Waals surface area contributed by atoms with Crippen molar-refractivity contribution in [2.45, 2.75) is 6.92 Å². The summed E-state index contributed by atoms with van der Waals surface area (Å²) in [6, 6.07) is 6.67. The molecule has 19 heavy (non-hydrogen) atoms. The highest BCUT2D eigenvalue weighted by Gasteiger charge is 2.09. The van der Waals surface area contributed by atoms with Gasteiger partial charge < -0.3 is 10.6 Å². The molecule has 0 saturated heterocycles. The molecule has 0 atom stereocenters. The number of amides is 1. The van der Waals surface area contributed by atoms with E-state index < -0.39 is 0 Å². The van der Waals surface area contributed by atoms with E-state index in [2.05, 4.69) is 20.6 Å². The number of carbonyl (C=O) groups is 1. The van der Waals surface area contributed by atoms with E-state index in [0.29, 0.717) is 17.1 Å². The maximum absolute atomic E-state index is 12.1. The summed E-state index contributed by atoms with van der Waals surface area (Å²) in [5, 5.41) is 5.90. The lowest BCUT2D eigenvalue weighted by molar-refractivity contribution is 0.102. The molecule has 2 heterocycles. The molecule has 0 saturated carbocycles. The molecule has 5 nitrogen and oxygen atoms in total. The van der Waals surface area contributed by atoms with Crippen molar-refractivity contribution in [1.82, 2.24) is 9.97 Å². The van der Waals surface area contributed by atoms with Crippen LogP contribution < -0.4 is 10.6 Å². The molecule has 2 aromatic heterocycles. The topological polar surface area (TPSA) is 66.9 Å². The average molecular weight is 277 g/mol. The molecule has 0 bridgehead atoms. The second-order valence-electron chi connectivity index (χ2n) is 3.95. The number of nitrogens with zero attached hydrogens (tertiary/aromatic N) is 2. The highest BCUT2D eigenvalue weighted by Crippen LogP contribution is 2.16. The van der Waals surface area contributed by atoms with E-state index in [9.17, 15) is 4.79 Å². The lowest BCUT2D eigenvalue weighted by Crippen LogP contribution is -2.13. The molecular weight excluding hydrogens is 264 g/mol. The Morgan fingerprint density at radius 3 is 2.79 bits per heavy atom. The molecule has 2 N–H and O–H groups in total. The summed E-state index contributed by atoms with van der Waals surface area (Å²) in [4.78, 5) is 20.2. The highest BCUT2D eigenvalue weighted by molar-refractivity contribution is 6.30. The second-order valence-corrected chi connectivity index (χ2v) is 4.34. The normalized spacial score (nSPS) is 10.1. The van der Waals surface area contributed by atoms with E-state index in [0.717, 1.165) is 5.69 Å². The van der Waals surface area contributed by atoms with Gasteiger partial charge in [0.05, 0.1) is 0 Å². The van der Waals surface area contributed by atoms with E-state index in [1.54, 1.807) is 31.4 Å². The van der Waals surface area contributed by atoms with Crippen molar-refractivity contribution in [2.75, 3.05) is 17.7 Å². The minimum Gasteiger partial charge on any atom is -0.373 e. The Hall–Kier alpha value is -2.14. The van der Waals surface area contributed by atoms with Crippen LogP contribution in [0.25, 0.3) is 0 Å². The van der Waals surface area contributed by atoms with Crippen LogP contribution in [0.1, 0.15) is 16.1 Å². The zero-order valence-electron chi connectivity index (χ0n) is 10.6. The number of hydrogen-bond acceptors (Lipinski definition) is 4. The van der Waals surface area contributed by atoms with E-state index in [1.807, 2.05) is 6.92 Å². The van der Waals surface area contributed by atoms with Crippen molar-refractivity contribution < 1.29 is 4.79 Å². The van der Waals surface area contributed by atoms with Crippen molar-refractivity contribution >= 4 is 29.0 Å². The molecule has 98 valence electrons. The Morgan fingerprint density at radius 2 is 2.11 bits per heavy atom. The molecule has 0 aliphatic heterocycles. The first-order valence-corrected chi connectivity index (χ1v) is 6.05. The Kier molecular flexibility index (Phi) is 3.97. The lowest BCUT2D eigenvalue weighted by atomic mass is 10.2. The first-order chi connectivity index (χ1) is 9.08. The van der Waals surface area contributed by atoms with E-state index in [4.69, 9.17) is 11.6 Å². The van der Waals surface area contributed by atoms with Gasteiger partial charge in [-0.3, -0.25) is 9.78 Å². The molecule has 0 radical (unpaired) electrons. The fraction of sp³-hybridized carbons (Fsp3) is 0.154. The van der Waals surface area contributed by atoms with Crippen LogP contribution in [0.5, 0.6) is 0 Å². The predicted octanol–water partition coefficient (Wildman–Crippen LogP) is 2.73. The molecule has 2 aromatic rings. The van der Waals surface area contributed by atoms with Crippen molar-refractivity contribution in [3.8, 4) is 0 Å². The zero-order chi connectivity index (χ0) is 13.8.